The summed E-state index contributed by atoms with van der Waals surface area (Å²) in [7, 11) is 5.70. The van der Waals surface area contributed by atoms with Crippen molar-refractivity contribution in [2.75, 3.05) is 51.5 Å². The zero-order chi connectivity index (χ0) is 14.1. The molecule has 1 rings (SSSR count). The summed E-state index contributed by atoms with van der Waals surface area (Å²) in [6.07, 6.45) is 2.21. The Morgan fingerprint density at radius 2 is 1.74 bits per heavy atom. The first-order chi connectivity index (χ1) is 9.15. The van der Waals surface area contributed by atoms with Gasteiger partial charge in [0, 0.05) is 13.1 Å². The van der Waals surface area contributed by atoms with Gasteiger partial charge < -0.3 is 20.3 Å². The normalized spacial score (nSPS) is 10.6. The molecule has 0 bridgehead atoms. The first-order valence-corrected chi connectivity index (χ1v) is 6.58. The van der Waals surface area contributed by atoms with Crippen LogP contribution in [0.4, 0.5) is 11.9 Å². The van der Waals surface area contributed by atoms with Crippen LogP contribution in [0.1, 0.15) is 19.8 Å². The van der Waals surface area contributed by atoms with Crippen molar-refractivity contribution >= 4 is 11.9 Å². The van der Waals surface area contributed by atoms with Gasteiger partial charge in [0.2, 0.25) is 11.9 Å². The molecule has 7 heteroatoms. The molecule has 0 atom stereocenters. The van der Waals surface area contributed by atoms with E-state index in [0.29, 0.717) is 17.9 Å². The molecule has 0 radical (unpaired) electrons. The van der Waals surface area contributed by atoms with Gasteiger partial charge in [-0.3, -0.25) is 0 Å². The Bertz CT molecular complexity index is 371. The van der Waals surface area contributed by atoms with Gasteiger partial charge in [-0.05, 0) is 40.4 Å². The monoisotopic (exact) mass is 268 g/mol. The number of unbranched alkanes of at least 4 members (excludes halogenated alkanes) is 1. The lowest BCUT2D eigenvalue weighted by Gasteiger charge is -2.10. The third-order valence-corrected chi connectivity index (χ3v) is 2.45. The smallest absolute Gasteiger partial charge is 0.322 e. The van der Waals surface area contributed by atoms with Gasteiger partial charge in [0.25, 0.3) is 0 Å². The summed E-state index contributed by atoms with van der Waals surface area (Å²) in [5, 5.41) is 6.24. The highest BCUT2D eigenvalue weighted by atomic mass is 16.5. The molecule has 0 unspecified atom stereocenters. The number of anilines is 2. The maximum Gasteiger partial charge on any atom is 0.322 e. The second kappa shape index (κ2) is 8.47. The summed E-state index contributed by atoms with van der Waals surface area (Å²) < 4.78 is 5.05. The number of rotatable bonds is 9. The van der Waals surface area contributed by atoms with Crippen molar-refractivity contribution in [3.8, 4) is 6.01 Å². The Morgan fingerprint density at radius 3 is 2.32 bits per heavy atom. The minimum absolute atomic E-state index is 0.321. The molecule has 0 fully saturated rings. The van der Waals surface area contributed by atoms with E-state index in [4.69, 9.17) is 4.74 Å². The largest absolute Gasteiger partial charge is 0.467 e. The molecule has 0 aliphatic heterocycles. The van der Waals surface area contributed by atoms with Gasteiger partial charge in [0.1, 0.15) is 0 Å². The van der Waals surface area contributed by atoms with Gasteiger partial charge in [0.05, 0.1) is 7.11 Å². The number of nitrogens with one attached hydrogen (secondary N) is 2. The molecule has 0 aliphatic carbocycles. The van der Waals surface area contributed by atoms with E-state index in [1.165, 1.54) is 0 Å². The zero-order valence-electron chi connectivity index (χ0n) is 12.2. The van der Waals surface area contributed by atoms with E-state index >= 15 is 0 Å². The quantitative estimate of drug-likeness (QED) is 0.649. The lowest BCUT2D eigenvalue weighted by Crippen LogP contribution is -2.15. The summed E-state index contributed by atoms with van der Waals surface area (Å²) in [6, 6.07) is 0.321. The van der Waals surface area contributed by atoms with Crippen LogP contribution in [0.15, 0.2) is 0 Å². The fourth-order valence-electron chi connectivity index (χ4n) is 1.52. The molecule has 1 heterocycles. The van der Waals surface area contributed by atoms with E-state index in [9.17, 15) is 0 Å². The Balaban J connectivity index is 2.45. The standard InChI is InChI=1S/C12H24N6O/c1-5-13-10-15-11(17-12(16-10)19-4)14-8-6-7-9-18(2)3/h5-9H2,1-4H3,(H2,13,14,15,16,17). The average Bonchev–Trinajstić information content (AvgIpc) is 2.38. The number of hydrogen-bond acceptors (Lipinski definition) is 7. The Hall–Kier alpha value is -1.63. The van der Waals surface area contributed by atoms with E-state index in [1.54, 1.807) is 7.11 Å². The number of nitrogens with zero attached hydrogens (tertiary/aromatic N) is 4. The average molecular weight is 268 g/mol. The molecular weight excluding hydrogens is 244 g/mol. The number of methoxy groups -OCH3 is 1. The van der Waals surface area contributed by atoms with Crippen LogP contribution >= 0.6 is 0 Å². The first kappa shape index (κ1) is 15.4. The van der Waals surface area contributed by atoms with Crippen molar-refractivity contribution in [2.45, 2.75) is 19.8 Å². The summed E-state index contributed by atoms with van der Waals surface area (Å²) in [6.45, 7) is 4.68. The second-order valence-corrected chi connectivity index (χ2v) is 4.44. The van der Waals surface area contributed by atoms with E-state index in [2.05, 4.69) is 44.6 Å². The predicted molar refractivity (Wildman–Crippen MR) is 76.8 cm³/mol. The Labute approximate surface area is 114 Å². The molecule has 0 saturated carbocycles. The van der Waals surface area contributed by atoms with E-state index < -0.39 is 0 Å². The number of hydrogen-bond donors (Lipinski definition) is 2. The maximum atomic E-state index is 5.05. The lowest BCUT2D eigenvalue weighted by molar-refractivity contribution is 0.379. The summed E-state index contributed by atoms with van der Waals surface area (Å²) in [5.74, 6) is 1.08. The van der Waals surface area contributed by atoms with Crippen molar-refractivity contribution in [3.05, 3.63) is 0 Å². The molecule has 108 valence electrons. The van der Waals surface area contributed by atoms with Gasteiger partial charge >= 0.3 is 6.01 Å². The summed E-state index contributed by atoms with van der Waals surface area (Å²) >= 11 is 0. The minimum atomic E-state index is 0.321. The van der Waals surface area contributed by atoms with E-state index in [-0.39, 0.29) is 0 Å². The number of ether oxygens (including phenoxy) is 1. The molecule has 19 heavy (non-hydrogen) atoms. The van der Waals surface area contributed by atoms with Crippen molar-refractivity contribution in [3.63, 3.8) is 0 Å². The van der Waals surface area contributed by atoms with Gasteiger partial charge in [0.15, 0.2) is 0 Å². The molecule has 7 nitrogen and oxygen atoms in total. The van der Waals surface area contributed by atoms with E-state index in [1.807, 2.05) is 6.92 Å². The number of aromatic nitrogens is 3. The van der Waals surface area contributed by atoms with Crippen LogP contribution < -0.4 is 15.4 Å². The summed E-state index contributed by atoms with van der Waals surface area (Å²) in [4.78, 5) is 14.7. The highest BCUT2D eigenvalue weighted by Gasteiger charge is 2.05. The van der Waals surface area contributed by atoms with Crippen LogP contribution in [0.3, 0.4) is 0 Å². The highest BCUT2D eigenvalue weighted by Crippen LogP contribution is 2.10. The van der Waals surface area contributed by atoms with Crippen LogP contribution in [0.5, 0.6) is 6.01 Å². The fourth-order valence-corrected chi connectivity index (χ4v) is 1.52. The van der Waals surface area contributed by atoms with Gasteiger partial charge in [-0.2, -0.15) is 15.0 Å². The fraction of sp³-hybridized carbons (Fsp3) is 0.750. The van der Waals surface area contributed by atoms with Crippen LogP contribution in [0.2, 0.25) is 0 Å². The van der Waals surface area contributed by atoms with Crippen LogP contribution in [0.25, 0.3) is 0 Å². The van der Waals surface area contributed by atoms with Crippen LogP contribution in [0, 0.1) is 0 Å². The van der Waals surface area contributed by atoms with Gasteiger partial charge in [-0.15, -0.1) is 0 Å². The van der Waals surface area contributed by atoms with Gasteiger partial charge in [-0.1, -0.05) is 0 Å². The zero-order valence-corrected chi connectivity index (χ0v) is 12.2. The summed E-state index contributed by atoms with van der Waals surface area (Å²) in [5.41, 5.74) is 0. The molecular formula is C12H24N6O. The SMILES string of the molecule is CCNc1nc(NCCCCN(C)C)nc(OC)n1. The third kappa shape index (κ3) is 6.19. The topological polar surface area (TPSA) is 75.2 Å². The third-order valence-electron chi connectivity index (χ3n) is 2.45. The minimum Gasteiger partial charge on any atom is -0.467 e. The molecule has 1 aromatic rings. The van der Waals surface area contributed by atoms with Gasteiger partial charge in [-0.25, -0.2) is 0 Å². The predicted octanol–water partition coefficient (Wildman–Crippen LogP) is 1.07. The van der Waals surface area contributed by atoms with Crippen molar-refractivity contribution in [2.24, 2.45) is 0 Å². The Kier molecular flexibility index (Phi) is 6.88. The highest BCUT2D eigenvalue weighted by molar-refractivity contribution is 5.35. The molecule has 1 aromatic heterocycles. The molecule has 0 aliphatic rings. The van der Waals surface area contributed by atoms with Crippen LogP contribution in [-0.4, -0.2) is 60.7 Å². The first-order valence-electron chi connectivity index (χ1n) is 6.58. The molecule has 0 spiro atoms. The second-order valence-electron chi connectivity index (χ2n) is 4.44. The maximum absolute atomic E-state index is 5.05. The van der Waals surface area contributed by atoms with Crippen LogP contribution in [-0.2, 0) is 0 Å². The molecule has 0 amide bonds. The molecule has 0 saturated heterocycles. The van der Waals surface area contributed by atoms with Crippen molar-refractivity contribution < 1.29 is 4.74 Å². The Morgan fingerprint density at radius 1 is 1.05 bits per heavy atom. The lowest BCUT2D eigenvalue weighted by atomic mass is 10.3. The van der Waals surface area contributed by atoms with E-state index in [0.717, 1.165) is 32.5 Å². The molecule has 2 N–H and O–H groups in total. The molecule has 0 aromatic carbocycles. The van der Waals surface area contributed by atoms with Crippen molar-refractivity contribution in [1.29, 1.82) is 0 Å². The van der Waals surface area contributed by atoms with Crippen molar-refractivity contribution in [1.82, 2.24) is 19.9 Å².